The fourth-order valence-corrected chi connectivity index (χ4v) is 4.75. The number of benzene rings is 1. The van der Waals surface area contributed by atoms with Gasteiger partial charge in [-0.3, -0.25) is 15.0 Å². The molecule has 6 nitrogen and oxygen atoms in total. The summed E-state index contributed by atoms with van der Waals surface area (Å²) in [5, 5.41) is 10.2. The van der Waals surface area contributed by atoms with Gasteiger partial charge in [0.05, 0.1) is 16.2 Å². The first-order valence-corrected chi connectivity index (χ1v) is 9.47. The number of nitro benzene ring substituents is 1. The normalized spacial score (nSPS) is 22.3. The van der Waals surface area contributed by atoms with Gasteiger partial charge in [-0.25, -0.2) is 12.8 Å². The van der Waals surface area contributed by atoms with Crippen LogP contribution in [0.3, 0.4) is 0 Å². The molecule has 0 heterocycles. The van der Waals surface area contributed by atoms with Gasteiger partial charge in [0.1, 0.15) is 5.82 Å². The summed E-state index contributed by atoms with van der Waals surface area (Å²) in [5.41, 5.74) is 0.0384. The van der Waals surface area contributed by atoms with Gasteiger partial charge in [0.25, 0.3) is 5.69 Å². The smallest absolute Gasteiger partial charge is 0.272 e. The van der Waals surface area contributed by atoms with Crippen molar-refractivity contribution in [3.63, 3.8) is 0 Å². The predicted molar refractivity (Wildman–Crippen MR) is 85.4 cm³/mol. The molecule has 0 bridgehead atoms. The van der Waals surface area contributed by atoms with E-state index in [0.717, 1.165) is 25.3 Å². The highest BCUT2D eigenvalue weighted by Gasteiger charge is 2.35. The first-order valence-electron chi connectivity index (χ1n) is 7.52. The van der Waals surface area contributed by atoms with E-state index >= 15 is 0 Å². The number of hydrogen-bond acceptors (Lipinski definition) is 5. The topological polar surface area (TPSA) is 80.5 Å². The molecule has 0 aromatic heterocycles. The molecule has 1 aliphatic carbocycles. The predicted octanol–water partition coefficient (Wildman–Crippen LogP) is 2.52. The zero-order valence-corrected chi connectivity index (χ0v) is 14.1. The third-order valence-corrected chi connectivity index (χ3v) is 6.10. The van der Waals surface area contributed by atoms with E-state index in [1.54, 1.807) is 7.05 Å². The molecule has 2 rings (SSSR count). The third-order valence-electron chi connectivity index (χ3n) is 4.45. The van der Waals surface area contributed by atoms with Crippen molar-refractivity contribution in [3.8, 4) is 0 Å². The van der Waals surface area contributed by atoms with Gasteiger partial charge in [-0.1, -0.05) is 12.8 Å². The highest BCUT2D eigenvalue weighted by Crippen LogP contribution is 2.29. The van der Waals surface area contributed by atoms with Crippen LogP contribution in [-0.4, -0.2) is 42.8 Å². The van der Waals surface area contributed by atoms with E-state index in [-0.39, 0.29) is 18.3 Å². The van der Waals surface area contributed by atoms with Gasteiger partial charge in [0.15, 0.2) is 9.84 Å². The quantitative estimate of drug-likeness (QED) is 0.606. The van der Waals surface area contributed by atoms with Gasteiger partial charge >= 0.3 is 0 Å². The Morgan fingerprint density at radius 3 is 2.57 bits per heavy atom. The van der Waals surface area contributed by atoms with Crippen LogP contribution < -0.4 is 0 Å². The molecule has 1 aromatic carbocycles. The van der Waals surface area contributed by atoms with Crippen LogP contribution in [0.25, 0.3) is 0 Å². The lowest BCUT2D eigenvalue weighted by molar-refractivity contribution is -0.385. The summed E-state index contributed by atoms with van der Waals surface area (Å²) in [4.78, 5) is 11.9. The lowest BCUT2D eigenvalue weighted by Crippen LogP contribution is -2.46. The fourth-order valence-electron chi connectivity index (χ4n) is 3.24. The Bertz CT molecular complexity index is 693. The van der Waals surface area contributed by atoms with Crippen molar-refractivity contribution in [2.24, 2.45) is 0 Å². The minimum absolute atomic E-state index is 0.159. The zero-order chi connectivity index (χ0) is 17.2. The lowest BCUT2D eigenvalue weighted by Gasteiger charge is -2.37. The molecule has 0 N–H and O–H groups in total. The molecule has 8 heteroatoms. The van der Waals surface area contributed by atoms with E-state index in [9.17, 15) is 22.9 Å². The van der Waals surface area contributed by atoms with Gasteiger partial charge in [0.2, 0.25) is 0 Å². The molecule has 0 spiro atoms. The molecule has 128 valence electrons. The van der Waals surface area contributed by atoms with Crippen molar-refractivity contribution in [2.45, 2.75) is 43.5 Å². The number of rotatable bonds is 5. The minimum atomic E-state index is -3.17. The maximum Gasteiger partial charge on any atom is 0.272 e. The van der Waals surface area contributed by atoms with Crippen LogP contribution in [0.2, 0.25) is 0 Å². The van der Waals surface area contributed by atoms with Crippen LogP contribution in [0.15, 0.2) is 18.2 Å². The van der Waals surface area contributed by atoms with Crippen molar-refractivity contribution in [1.82, 2.24) is 4.90 Å². The van der Waals surface area contributed by atoms with Crippen molar-refractivity contribution in [3.05, 3.63) is 39.7 Å². The second-order valence-electron chi connectivity index (χ2n) is 6.17. The molecule has 1 aliphatic rings. The molecular weight excluding hydrogens is 323 g/mol. The Kier molecular flexibility index (Phi) is 5.36. The third kappa shape index (κ3) is 4.26. The summed E-state index contributed by atoms with van der Waals surface area (Å²) in [6.45, 7) is 0.223. The molecule has 0 radical (unpaired) electrons. The summed E-state index contributed by atoms with van der Waals surface area (Å²) < 4.78 is 37.9. The number of nitrogens with zero attached hydrogens (tertiary/aromatic N) is 2. The van der Waals surface area contributed by atoms with E-state index in [4.69, 9.17) is 0 Å². The Balaban J connectivity index is 2.17. The number of hydrogen-bond donors (Lipinski definition) is 0. The average Bonchev–Trinajstić information content (AvgIpc) is 2.48. The van der Waals surface area contributed by atoms with E-state index in [1.165, 1.54) is 18.4 Å². The molecule has 1 saturated carbocycles. The molecule has 1 fully saturated rings. The maximum absolute atomic E-state index is 14.0. The number of halogens is 1. The van der Waals surface area contributed by atoms with Crippen LogP contribution in [0, 0.1) is 15.9 Å². The van der Waals surface area contributed by atoms with Crippen molar-refractivity contribution < 1.29 is 17.7 Å². The van der Waals surface area contributed by atoms with Crippen molar-refractivity contribution in [2.75, 3.05) is 13.3 Å². The fraction of sp³-hybridized carbons (Fsp3) is 0.600. The number of non-ortho nitro benzene ring substituents is 1. The first kappa shape index (κ1) is 17.8. The second kappa shape index (κ2) is 6.92. The standard InChI is InChI=1S/C15H21FN2O4S/c1-17(14-5-3-4-6-15(14)23(2,21)22)10-11-7-8-12(18(19)20)9-13(11)16/h7-9,14-15H,3-6,10H2,1-2H3/t14-,15+/m1/s1. The van der Waals surface area contributed by atoms with Crippen molar-refractivity contribution in [1.29, 1.82) is 0 Å². The lowest BCUT2D eigenvalue weighted by atomic mass is 9.93. The SMILES string of the molecule is CN(Cc1ccc([N+](=O)[O-])cc1F)[C@@H]1CCCC[C@@H]1S(C)(=O)=O. The van der Waals surface area contributed by atoms with Crippen LogP contribution in [0.1, 0.15) is 31.2 Å². The summed E-state index contributed by atoms with van der Waals surface area (Å²) >= 11 is 0. The van der Waals surface area contributed by atoms with Gasteiger partial charge in [-0.2, -0.15) is 0 Å². The minimum Gasteiger partial charge on any atom is -0.298 e. The molecule has 0 amide bonds. The van der Waals surface area contributed by atoms with E-state index < -0.39 is 25.8 Å². The Labute approximate surface area is 135 Å². The summed E-state index contributed by atoms with van der Waals surface area (Å²) in [6.07, 6.45) is 4.45. The number of nitro groups is 1. The van der Waals surface area contributed by atoms with Gasteiger partial charge in [0, 0.05) is 30.5 Å². The zero-order valence-electron chi connectivity index (χ0n) is 13.2. The summed E-state index contributed by atoms with van der Waals surface area (Å²) in [5.74, 6) is -0.641. The number of sulfone groups is 1. The molecule has 0 saturated heterocycles. The van der Waals surface area contributed by atoms with E-state index in [0.29, 0.717) is 12.0 Å². The van der Waals surface area contributed by atoms with Crippen LogP contribution in [0.5, 0.6) is 0 Å². The second-order valence-corrected chi connectivity index (χ2v) is 8.43. The molecule has 0 aliphatic heterocycles. The Morgan fingerprint density at radius 2 is 2.00 bits per heavy atom. The van der Waals surface area contributed by atoms with E-state index in [1.807, 2.05) is 4.90 Å². The molecule has 1 aromatic rings. The monoisotopic (exact) mass is 344 g/mol. The molecule has 23 heavy (non-hydrogen) atoms. The molecule has 2 atom stereocenters. The average molecular weight is 344 g/mol. The molecular formula is C15H21FN2O4S. The van der Waals surface area contributed by atoms with Crippen LogP contribution in [-0.2, 0) is 16.4 Å². The Hall–Kier alpha value is -1.54. The van der Waals surface area contributed by atoms with Crippen molar-refractivity contribution >= 4 is 15.5 Å². The van der Waals surface area contributed by atoms with Gasteiger partial charge in [-0.05, 0) is 26.0 Å². The summed E-state index contributed by atoms with van der Waals surface area (Å²) in [7, 11) is -1.39. The highest BCUT2D eigenvalue weighted by atomic mass is 32.2. The van der Waals surface area contributed by atoms with Gasteiger partial charge in [-0.15, -0.1) is 0 Å². The van der Waals surface area contributed by atoms with E-state index in [2.05, 4.69) is 0 Å². The van der Waals surface area contributed by atoms with Crippen LogP contribution in [0.4, 0.5) is 10.1 Å². The summed E-state index contributed by atoms with van der Waals surface area (Å²) in [6, 6.07) is 3.40. The van der Waals surface area contributed by atoms with Gasteiger partial charge < -0.3 is 0 Å². The highest BCUT2D eigenvalue weighted by molar-refractivity contribution is 7.91. The van der Waals surface area contributed by atoms with Crippen LogP contribution >= 0.6 is 0 Å². The Morgan fingerprint density at radius 1 is 1.35 bits per heavy atom. The first-order chi connectivity index (χ1) is 10.7. The largest absolute Gasteiger partial charge is 0.298 e. The molecule has 0 unspecified atom stereocenters. The maximum atomic E-state index is 14.0.